The molecule has 0 heterocycles. The van der Waals surface area contributed by atoms with Gasteiger partial charge in [0.25, 0.3) is 0 Å². The van der Waals surface area contributed by atoms with E-state index in [4.69, 9.17) is 0 Å². The Morgan fingerprint density at radius 3 is 1.94 bits per heavy atom. The van der Waals surface area contributed by atoms with Crippen LogP contribution in [-0.2, 0) is 4.79 Å². The normalized spacial score (nSPS) is 7.88. The zero-order valence-corrected chi connectivity index (χ0v) is 11.9. The monoisotopic (exact) mass is 230 g/mol. The first-order chi connectivity index (χ1) is 7.59. The smallest absolute Gasteiger partial charge is 0.246 e. The second-order valence-corrected chi connectivity index (χ2v) is 3.24. The van der Waals surface area contributed by atoms with Crippen LogP contribution in [0, 0.1) is 0 Å². The van der Waals surface area contributed by atoms with Crippen molar-refractivity contribution in [1.82, 2.24) is 10.6 Å². The number of carbonyl (C=O) groups is 1. The molecule has 0 spiro atoms. The number of nitrogens with one attached hydrogen (secondary N) is 2. The van der Waals surface area contributed by atoms with Crippen molar-refractivity contribution in [2.45, 2.75) is 47.0 Å². The highest BCUT2D eigenvalue weighted by molar-refractivity contribution is 5.91. The molecule has 0 saturated heterocycles. The van der Waals surface area contributed by atoms with Crippen molar-refractivity contribution < 1.29 is 4.79 Å². The van der Waals surface area contributed by atoms with E-state index in [9.17, 15) is 4.79 Å². The van der Waals surface area contributed by atoms with Crippen molar-refractivity contribution in [2.75, 3.05) is 20.6 Å². The zero-order chi connectivity index (χ0) is 13.4. The van der Waals surface area contributed by atoms with Gasteiger partial charge in [-0.3, -0.25) is 4.79 Å². The molecule has 1 amide bonds. The Labute approximate surface area is 102 Å². The maximum absolute atomic E-state index is 10.9. The first-order valence-corrected chi connectivity index (χ1v) is 6.12. The van der Waals surface area contributed by atoms with Crippen LogP contribution >= 0.6 is 0 Å². The summed E-state index contributed by atoms with van der Waals surface area (Å²) < 4.78 is 0. The Morgan fingerprint density at radius 1 is 1.19 bits per heavy atom. The lowest BCUT2D eigenvalue weighted by atomic mass is 10.2. The number of hydrogen-bond donors (Lipinski definition) is 2. The Kier molecular flexibility index (Phi) is 25.3. The van der Waals surface area contributed by atoms with E-state index in [1.807, 2.05) is 27.9 Å². The van der Waals surface area contributed by atoms with Gasteiger partial charge in [-0.1, -0.05) is 40.2 Å². The highest BCUT2D eigenvalue weighted by Gasteiger charge is 1.98. The van der Waals surface area contributed by atoms with Crippen molar-refractivity contribution in [3.8, 4) is 0 Å². The van der Waals surface area contributed by atoms with E-state index < -0.39 is 0 Å². The van der Waals surface area contributed by atoms with E-state index in [0.717, 1.165) is 13.0 Å². The SMILES string of the molecule is C=C(C)C(=O)NCCCCC.CC.CNC. The summed E-state index contributed by atoms with van der Waals surface area (Å²) in [7, 11) is 3.75. The summed E-state index contributed by atoms with van der Waals surface area (Å²) in [5.41, 5.74) is 0.585. The Bertz CT molecular complexity index is 156. The van der Waals surface area contributed by atoms with E-state index in [0.29, 0.717) is 5.57 Å². The minimum atomic E-state index is -0.0268. The molecule has 3 heteroatoms. The summed E-state index contributed by atoms with van der Waals surface area (Å²) in [5.74, 6) is -0.0268. The van der Waals surface area contributed by atoms with Gasteiger partial charge in [-0.05, 0) is 27.4 Å². The molecule has 3 nitrogen and oxygen atoms in total. The fraction of sp³-hybridized carbons (Fsp3) is 0.769. The third kappa shape index (κ3) is 23.2. The molecule has 0 atom stereocenters. The van der Waals surface area contributed by atoms with Crippen LogP contribution in [0.25, 0.3) is 0 Å². The molecule has 0 aromatic heterocycles. The molecule has 2 N–H and O–H groups in total. The molecule has 0 aromatic carbocycles. The zero-order valence-electron chi connectivity index (χ0n) is 11.9. The third-order valence-corrected chi connectivity index (χ3v) is 1.45. The van der Waals surface area contributed by atoms with Crippen LogP contribution in [0.2, 0.25) is 0 Å². The summed E-state index contributed by atoms with van der Waals surface area (Å²) in [5, 5.41) is 5.53. The minimum absolute atomic E-state index is 0.0268. The molecule has 0 aliphatic rings. The van der Waals surface area contributed by atoms with E-state index in [-0.39, 0.29) is 5.91 Å². The quantitative estimate of drug-likeness (QED) is 0.563. The third-order valence-electron chi connectivity index (χ3n) is 1.45. The molecule has 0 rings (SSSR count). The standard InChI is InChI=1S/C9H17NO.C2H7N.C2H6/c1-4-5-6-7-10-9(11)8(2)3;1-3-2;1-2/h2,4-7H2,1,3H3,(H,10,11);3H,1-2H3;1-2H3. The Morgan fingerprint density at radius 2 is 1.62 bits per heavy atom. The number of unbranched alkanes of at least 4 members (excludes halogenated alkanes) is 2. The van der Waals surface area contributed by atoms with E-state index >= 15 is 0 Å². The minimum Gasteiger partial charge on any atom is -0.352 e. The van der Waals surface area contributed by atoms with Gasteiger partial charge in [0.2, 0.25) is 5.91 Å². The average molecular weight is 230 g/mol. The van der Waals surface area contributed by atoms with Crippen LogP contribution in [0.5, 0.6) is 0 Å². The highest BCUT2D eigenvalue weighted by Crippen LogP contribution is 1.92. The molecule has 0 aromatic rings. The van der Waals surface area contributed by atoms with E-state index in [1.165, 1.54) is 12.8 Å². The number of rotatable bonds is 5. The van der Waals surface area contributed by atoms with Gasteiger partial charge in [-0.2, -0.15) is 0 Å². The maximum Gasteiger partial charge on any atom is 0.246 e. The molecular weight excluding hydrogens is 200 g/mol. The summed E-state index contributed by atoms with van der Waals surface area (Å²) in [6.45, 7) is 12.2. The van der Waals surface area contributed by atoms with Gasteiger partial charge >= 0.3 is 0 Å². The number of hydrogen-bond acceptors (Lipinski definition) is 2. The molecular formula is C13H30N2O. The van der Waals surface area contributed by atoms with Crippen molar-refractivity contribution >= 4 is 5.91 Å². The second kappa shape index (κ2) is 19.7. The summed E-state index contributed by atoms with van der Waals surface area (Å²) in [6.07, 6.45) is 3.43. The predicted molar refractivity (Wildman–Crippen MR) is 73.7 cm³/mol. The maximum atomic E-state index is 10.9. The van der Waals surface area contributed by atoms with Crippen LogP contribution in [0.15, 0.2) is 12.2 Å². The topological polar surface area (TPSA) is 41.1 Å². The van der Waals surface area contributed by atoms with Crippen LogP contribution in [0.3, 0.4) is 0 Å². The summed E-state index contributed by atoms with van der Waals surface area (Å²) in [4.78, 5) is 10.9. The largest absolute Gasteiger partial charge is 0.352 e. The first kappa shape index (κ1) is 20.6. The van der Waals surface area contributed by atoms with E-state index in [2.05, 4.69) is 24.1 Å². The van der Waals surface area contributed by atoms with Gasteiger partial charge in [0.15, 0.2) is 0 Å². The Balaban J connectivity index is -0.000000289. The predicted octanol–water partition coefficient (Wildman–Crippen LogP) is 2.73. The van der Waals surface area contributed by atoms with Gasteiger partial charge in [-0.15, -0.1) is 0 Å². The van der Waals surface area contributed by atoms with Crippen LogP contribution in [0.1, 0.15) is 47.0 Å². The molecule has 16 heavy (non-hydrogen) atoms. The number of amides is 1. The Hall–Kier alpha value is -0.830. The lowest BCUT2D eigenvalue weighted by molar-refractivity contribution is -0.117. The molecule has 0 bridgehead atoms. The molecule has 0 aliphatic heterocycles. The van der Waals surface area contributed by atoms with Crippen LogP contribution in [0.4, 0.5) is 0 Å². The van der Waals surface area contributed by atoms with Gasteiger partial charge < -0.3 is 10.6 Å². The molecule has 0 unspecified atom stereocenters. The van der Waals surface area contributed by atoms with Gasteiger partial charge in [0.05, 0.1) is 0 Å². The molecule has 98 valence electrons. The van der Waals surface area contributed by atoms with Gasteiger partial charge in [0, 0.05) is 12.1 Å². The van der Waals surface area contributed by atoms with Crippen molar-refractivity contribution in [3.63, 3.8) is 0 Å². The highest BCUT2D eigenvalue weighted by atomic mass is 16.1. The fourth-order valence-corrected chi connectivity index (χ4v) is 0.728. The van der Waals surface area contributed by atoms with Gasteiger partial charge in [-0.25, -0.2) is 0 Å². The summed E-state index contributed by atoms with van der Waals surface area (Å²) in [6, 6.07) is 0. The van der Waals surface area contributed by atoms with Crippen LogP contribution in [-0.4, -0.2) is 26.5 Å². The molecule has 0 fully saturated rings. The van der Waals surface area contributed by atoms with Gasteiger partial charge in [0.1, 0.15) is 0 Å². The average Bonchev–Trinajstić information content (AvgIpc) is 2.28. The molecule has 0 radical (unpaired) electrons. The second-order valence-electron chi connectivity index (χ2n) is 3.24. The first-order valence-electron chi connectivity index (χ1n) is 6.12. The van der Waals surface area contributed by atoms with E-state index in [1.54, 1.807) is 6.92 Å². The fourth-order valence-electron chi connectivity index (χ4n) is 0.728. The summed E-state index contributed by atoms with van der Waals surface area (Å²) >= 11 is 0. The van der Waals surface area contributed by atoms with Crippen molar-refractivity contribution in [2.24, 2.45) is 0 Å². The molecule has 0 saturated carbocycles. The molecule has 0 aliphatic carbocycles. The lowest BCUT2D eigenvalue weighted by Gasteiger charge is -2.02. The van der Waals surface area contributed by atoms with Crippen LogP contribution < -0.4 is 10.6 Å². The van der Waals surface area contributed by atoms with Crippen molar-refractivity contribution in [3.05, 3.63) is 12.2 Å². The number of carbonyl (C=O) groups excluding carboxylic acids is 1. The van der Waals surface area contributed by atoms with Crippen molar-refractivity contribution in [1.29, 1.82) is 0 Å². The lowest BCUT2D eigenvalue weighted by Crippen LogP contribution is -2.24.